The second-order valence-corrected chi connectivity index (χ2v) is 5.84. The molecule has 1 aliphatic carbocycles. The average molecular weight is 326 g/mol. The highest BCUT2D eigenvalue weighted by Crippen LogP contribution is 2.17. The van der Waals surface area contributed by atoms with E-state index in [0.29, 0.717) is 22.0 Å². The van der Waals surface area contributed by atoms with E-state index in [4.69, 9.17) is 24.4 Å². The summed E-state index contributed by atoms with van der Waals surface area (Å²) in [6, 6.07) is 6.41. The number of anilines is 1. The van der Waals surface area contributed by atoms with Crippen molar-refractivity contribution in [1.29, 1.82) is 0 Å². The van der Waals surface area contributed by atoms with Gasteiger partial charge in [0.15, 0.2) is 10.2 Å². The summed E-state index contributed by atoms with van der Waals surface area (Å²) in [5, 5.41) is 7.10. The molecule has 21 heavy (non-hydrogen) atoms. The fourth-order valence-electron chi connectivity index (χ4n) is 2.28. The van der Waals surface area contributed by atoms with Gasteiger partial charge in [0.1, 0.15) is 5.82 Å². The maximum absolute atomic E-state index is 12.8. The maximum Gasteiger partial charge on any atom is 0.189 e. The van der Waals surface area contributed by atoms with Crippen LogP contribution >= 0.6 is 24.4 Å². The molecule has 0 amide bonds. The Kier molecular flexibility index (Phi) is 6.13. The smallest absolute Gasteiger partial charge is 0.189 e. The Morgan fingerprint density at radius 1 is 0.952 bits per heavy atom. The van der Waals surface area contributed by atoms with Crippen LogP contribution in [0.1, 0.15) is 32.1 Å². The van der Waals surface area contributed by atoms with Crippen molar-refractivity contribution in [2.24, 2.45) is 0 Å². The summed E-state index contributed by atoms with van der Waals surface area (Å²) >= 11 is 10.3. The van der Waals surface area contributed by atoms with Crippen molar-refractivity contribution in [3.05, 3.63) is 30.1 Å². The summed E-state index contributed by atoms with van der Waals surface area (Å²) in [5.74, 6) is -0.282. The first-order valence-electron chi connectivity index (χ1n) is 7.02. The molecule has 7 heteroatoms. The number of nitrogens with one attached hydrogen (secondary N) is 4. The Morgan fingerprint density at radius 3 is 2.24 bits per heavy atom. The maximum atomic E-state index is 12.8. The molecule has 0 aromatic heterocycles. The van der Waals surface area contributed by atoms with E-state index in [1.165, 1.54) is 31.4 Å². The molecule has 0 aliphatic heterocycles. The Morgan fingerprint density at radius 2 is 1.57 bits per heavy atom. The quantitative estimate of drug-likeness (QED) is 0.495. The van der Waals surface area contributed by atoms with Gasteiger partial charge in [-0.1, -0.05) is 19.3 Å². The van der Waals surface area contributed by atoms with E-state index in [-0.39, 0.29) is 5.82 Å². The lowest BCUT2D eigenvalue weighted by atomic mass is 9.96. The molecule has 1 aliphatic rings. The highest BCUT2D eigenvalue weighted by Gasteiger charge is 2.13. The molecule has 1 saturated carbocycles. The van der Waals surface area contributed by atoms with Crippen LogP contribution in [0.2, 0.25) is 0 Å². The van der Waals surface area contributed by atoms with Gasteiger partial charge in [0.05, 0.1) is 0 Å². The molecule has 4 N–H and O–H groups in total. The van der Waals surface area contributed by atoms with Gasteiger partial charge in [-0.2, -0.15) is 0 Å². The molecule has 0 saturated heterocycles. The highest BCUT2D eigenvalue weighted by molar-refractivity contribution is 7.80. The Labute approximate surface area is 134 Å². The third kappa shape index (κ3) is 5.81. The van der Waals surface area contributed by atoms with Gasteiger partial charge < -0.3 is 10.6 Å². The number of benzene rings is 1. The molecule has 2 rings (SSSR count). The molecule has 0 atom stereocenters. The summed E-state index contributed by atoms with van der Waals surface area (Å²) in [6.45, 7) is 0. The number of hydrogen-bond acceptors (Lipinski definition) is 2. The Bertz CT molecular complexity index is 486. The fourth-order valence-corrected chi connectivity index (χ4v) is 2.66. The van der Waals surface area contributed by atoms with Crippen LogP contribution in [-0.4, -0.2) is 16.3 Å². The van der Waals surface area contributed by atoms with Crippen LogP contribution in [0.5, 0.6) is 0 Å². The molecule has 1 fully saturated rings. The zero-order chi connectivity index (χ0) is 15.1. The molecule has 0 spiro atoms. The normalized spacial score (nSPS) is 15.1. The predicted molar refractivity (Wildman–Crippen MR) is 91.5 cm³/mol. The van der Waals surface area contributed by atoms with Crippen LogP contribution in [0, 0.1) is 5.82 Å². The molecule has 0 radical (unpaired) electrons. The van der Waals surface area contributed by atoms with E-state index in [9.17, 15) is 4.39 Å². The van der Waals surface area contributed by atoms with Crippen LogP contribution in [0.25, 0.3) is 0 Å². The van der Waals surface area contributed by atoms with Crippen LogP contribution < -0.4 is 21.5 Å². The van der Waals surface area contributed by atoms with Crippen LogP contribution in [0.15, 0.2) is 24.3 Å². The van der Waals surface area contributed by atoms with E-state index in [0.717, 1.165) is 12.8 Å². The van der Waals surface area contributed by atoms with Crippen molar-refractivity contribution in [2.45, 2.75) is 38.1 Å². The number of thiocarbonyl (C=S) groups is 2. The minimum atomic E-state index is -0.282. The standard InChI is InChI=1S/C14H19FN4S2/c15-10-6-8-12(9-7-10)17-14(21)19-18-13(20)16-11-4-2-1-3-5-11/h6-9,11H,1-5H2,(H2,16,18,20)(H2,17,19,21). The minimum absolute atomic E-state index is 0.282. The van der Waals surface area contributed by atoms with Crippen LogP contribution in [0.3, 0.4) is 0 Å². The lowest BCUT2D eigenvalue weighted by molar-refractivity contribution is 0.411. The zero-order valence-corrected chi connectivity index (χ0v) is 13.2. The van der Waals surface area contributed by atoms with E-state index >= 15 is 0 Å². The molecule has 114 valence electrons. The van der Waals surface area contributed by atoms with Crippen molar-refractivity contribution in [3.8, 4) is 0 Å². The summed E-state index contributed by atoms with van der Waals surface area (Å²) in [6.07, 6.45) is 6.11. The number of hydrogen-bond donors (Lipinski definition) is 4. The van der Waals surface area contributed by atoms with Crippen molar-refractivity contribution in [1.82, 2.24) is 16.2 Å². The molecule has 4 nitrogen and oxygen atoms in total. The molecule has 0 heterocycles. The first-order valence-corrected chi connectivity index (χ1v) is 7.84. The first kappa shape index (κ1) is 15.9. The van der Waals surface area contributed by atoms with Gasteiger partial charge in [-0.15, -0.1) is 0 Å². The third-order valence-electron chi connectivity index (χ3n) is 3.33. The molecule has 0 bridgehead atoms. The number of hydrazine groups is 1. The highest BCUT2D eigenvalue weighted by atomic mass is 32.1. The predicted octanol–water partition coefficient (Wildman–Crippen LogP) is 2.82. The molecule has 0 unspecified atom stereocenters. The summed E-state index contributed by atoms with van der Waals surface area (Å²) in [5.41, 5.74) is 6.37. The van der Waals surface area contributed by atoms with Gasteiger partial charge in [0.2, 0.25) is 0 Å². The first-order chi connectivity index (χ1) is 10.1. The van der Waals surface area contributed by atoms with Crippen LogP contribution in [0.4, 0.5) is 10.1 Å². The fraction of sp³-hybridized carbons (Fsp3) is 0.429. The lowest BCUT2D eigenvalue weighted by Crippen LogP contribution is -2.51. The summed E-state index contributed by atoms with van der Waals surface area (Å²) < 4.78 is 12.8. The second-order valence-electron chi connectivity index (χ2n) is 5.02. The largest absolute Gasteiger partial charge is 0.359 e. The van der Waals surface area contributed by atoms with Crippen molar-refractivity contribution < 1.29 is 4.39 Å². The monoisotopic (exact) mass is 326 g/mol. The molecular formula is C14H19FN4S2. The van der Waals surface area contributed by atoms with E-state index in [1.54, 1.807) is 12.1 Å². The number of rotatable bonds is 2. The van der Waals surface area contributed by atoms with Gasteiger partial charge in [-0.25, -0.2) is 4.39 Å². The SMILES string of the molecule is Fc1ccc(NC(=S)NNC(=S)NC2CCCCC2)cc1. The molecular weight excluding hydrogens is 307 g/mol. The average Bonchev–Trinajstić information content (AvgIpc) is 2.49. The van der Waals surface area contributed by atoms with Crippen molar-refractivity contribution in [2.75, 3.05) is 5.32 Å². The summed E-state index contributed by atoms with van der Waals surface area (Å²) in [7, 11) is 0. The van der Waals surface area contributed by atoms with Crippen molar-refractivity contribution in [3.63, 3.8) is 0 Å². The topological polar surface area (TPSA) is 48.1 Å². The van der Waals surface area contributed by atoms with Gasteiger partial charge >= 0.3 is 0 Å². The zero-order valence-electron chi connectivity index (χ0n) is 11.6. The van der Waals surface area contributed by atoms with Crippen molar-refractivity contribution >= 4 is 40.3 Å². The third-order valence-corrected chi connectivity index (χ3v) is 3.76. The minimum Gasteiger partial charge on any atom is -0.359 e. The van der Waals surface area contributed by atoms with Gasteiger partial charge in [-0.3, -0.25) is 10.9 Å². The van der Waals surface area contributed by atoms with Crippen LogP contribution in [-0.2, 0) is 0 Å². The van der Waals surface area contributed by atoms with Gasteiger partial charge in [-0.05, 0) is 61.5 Å². The summed E-state index contributed by atoms with van der Waals surface area (Å²) in [4.78, 5) is 0. The Hall–Kier alpha value is -1.47. The van der Waals surface area contributed by atoms with E-state index < -0.39 is 0 Å². The number of halogens is 1. The molecule has 1 aromatic carbocycles. The van der Waals surface area contributed by atoms with E-state index in [2.05, 4.69) is 21.5 Å². The Balaban J connectivity index is 1.68. The molecule has 1 aromatic rings. The van der Waals surface area contributed by atoms with Gasteiger partial charge in [0.25, 0.3) is 0 Å². The lowest BCUT2D eigenvalue weighted by Gasteiger charge is -2.24. The second kappa shape index (κ2) is 8.09. The van der Waals surface area contributed by atoms with E-state index in [1.807, 2.05) is 0 Å². The van der Waals surface area contributed by atoms with Gasteiger partial charge in [0, 0.05) is 11.7 Å².